The fourth-order valence-corrected chi connectivity index (χ4v) is 3.33. The van der Waals surface area contributed by atoms with Gasteiger partial charge < -0.3 is 4.90 Å². The topological polar surface area (TPSA) is 90.9 Å². The summed E-state index contributed by atoms with van der Waals surface area (Å²) >= 11 is 1.71. The molecule has 2 aromatic heterocycles. The van der Waals surface area contributed by atoms with Gasteiger partial charge in [-0.25, -0.2) is 15.0 Å². The van der Waals surface area contributed by atoms with E-state index in [1.165, 1.54) is 6.33 Å². The third-order valence-corrected chi connectivity index (χ3v) is 5.40. The second-order valence-electron chi connectivity index (χ2n) is 6.11. The molecule has 0 aliphatic carbocycles. The molecule has 1 aliphatic rings. The highest BCUT2D eigenvalue weighted by atomic mass is 32.2. The van der Waals surface area contributed by atoms with Crippen LogP contribution >= 0.6 is 11.8 Å². The molecular formula is C16H23N7OS. The maximum absolute atomic E-state index is 12.2. The van der Waals surface area contributed by atoms with E-state index in [9.17, 15) is 4.79 Å². The molecule has 2 aromatic rings. The van der Waals surface area contributed by atoms with Crippen molar-refractivity contribution in [2.75, 3.05) is 26.2 Å². The Morgan fingerprint density at radius 1 is 1.24 bits per heavy atom. The van der Waals surface area contributed by atoms with Gasteiger partial charge in [0.05, 0.1) is 0 Å². The van der Waals surface area contributed by atoms with Crippen LogP contribution in [0.2, 0.25) is 0 Å². The highest BCUT2D eigenvalue weighted by Gasteiger charge is 2.23. The normalized spacial score (nSPS) is 16.8. The van der Waals surface area contributed by atoms with Gasteiger partial charge >= 0.3 is 0 Å². The summed E-state index contributed by atoms with van der Waals surface area (Å²) < 4.78 is 0. The third-order valence-electron chi connectivity index (χ3n) is 4.25. The van der Waals surface area contributed by atoms with Gasteiger partial charge in [-0.1, -0.05) is 25.6 Å². The van der Waals surface area contributed by atoms with Crippen LogP contribution in [0.3, 0.4) is 0 Å². The molecule has 0 bridgehead atoms. The van der Waals surface area contributed by atoms with E-state index in [4.69, 9.17) is 0 Å². The number of carbonyl (C=O) groups is 1. The standard InChI is InChI=1S/C16H23N7OS/c1-3-12(2)25-16-17-8-13(9-18-16)10-22-4-6-23(7-5-22)15(24)14-19-11-20-21-14/h8-9,11-12H,3-7,10H2,1-2H3,(H,19,20,21)/t12-/m1/s1. The summed E-state index contributed by atoms with van der Waals surface area (Å²) in [5.74, 6) is 0.211. The van der Waals surface area contributed by atoms with Gasteiger partial charge in [0.1, 0.15) is 6.33 Å². The fourth-order valence-electron chi connectivity index (χ4n) is 2.57. The van der Waals surface area contributed by atoms with E-state index in [0.29, 0.717) is 24.2 Å². The van der Waals surface area contributed by atoms with E-state index in [-0.39, 0.29) is 5.91 Å². The van der Waals surface area contributed by atoms with Crippen molar-refractivity contribution in [3.05, 3.63) is 30.1 Å². The Morgan fingerprint density at radius 3 is 2.56 bits per heavy atom. The fraction of sp³-hybridized carbons (Fsp3) is 0.562. The molecule has 9 heteroatoms. The molecule has 3 heterocycles. The Morgan fingerprint density at radius 2 is 1.96 bits per heavy atom. The lowest BCUT2D eigenvalue weighted by molar-refractivity contribution is 0.0616. The Kier molecular flexibility index (Phi) is 5.98. The van der Waals surface area contributed by atoms with Gasteiger partial charge in [-0.3, -0.25) is 14.8 Å². The molecule has 1 N–H and O–H groups in total. The highest BCUT2D eigenvalue weighted by molar-refractivity contribution is 7.99. The summed E-state index contributed by atoms with van der Waals surface area (Å²) in [6.07, 6.45) is 6.27. The van der Waals surface area contributed by atoms with Crippen LogP contribution in [-0.4, -0.2) is 72.3 Å². The van der Waals surface area contributed by atoms with Gasteiger partial charge in [0.15, 0.2) is 5.16 Å². The number of piperazine rings is 1. The van der Waals surface area contributed by atoms with Crippen molar-refractivity contribution in [3.63, 3.8) is 0 Å². The van der Waals surface area contributed by atoms with Crippen molar-refractivity contribution in [3.8, 4) is 0 Å². The van der Waals surface area contributed by atoms with Crippen molar-refractivity contribution in [1.29, 1.82) is 0 Å². The van der Waals surface area contributed by atoms with Crippen molar-refractivity contribution in [2.45, 2.75) is 37.2 Å². The number of aromatic nitrogens is 5. The molecule has 0 spiro atoms. The van der Waals surface area contributed by atoms with Gasteiger partial charge in [0.25, 0.3) is 5.91 Å². The Labute approximate surface area is 151 Å². The molecule has 0 aromatic carbocycles. The van der Waals surface area contributed by atoms with Gasteiger partial charge in [0, 0.05) is 55.9 Å². The molecule has 1 fully saturated rings. The lowest BCUT2D eigenvalue weighted by Gasteiger charge is -2.34. The van der Waals surface area contributed by atoms with Crippen LogP contribution < -0.4 is 0 Å². The molecule has 3 rings (SSSR count). The molecule has 0 unspecified atom stereocenters. The summed E-state index contributed by atoms with van der Waals surface area (Å²) in [6, 6.07) is 0. The lowest BCUT2D eigenvalue weighted by Crippen LogP contribution is -2.48. The second-order valence-corrected chi connectivity index (χ2v) is 7.52. The number of nitrogens with one attached hydrogen (secondary N) is 1. The average Bonchev–Trinajstić information content (AvgIpc) is 3.18. The van der Waals surface area contributed by atoms with Crippen LogP contribution in [0.1, 0.15) is 36.5 Å². The van der Waals surface area contributed by atoms with Crippen LogP contribution in [0.15, 0.2) is 23.9 Å². The third kappa shape index (κ3) is 4.76. The average molecular weight is 361 g/mol. The van der Waals surface area contributed by atoms with Gasteiger partial charge in [0.2, 0.25) is 5.82 Å². The monoisotopic (exact) mass is 361 g/mol. The minimum Gasteiger partial charge on any atom is -0.333 e. The molecule has 1 saturated heterocycles. The molecule has 25 heavy (non-hydrogen) atoms. The Balaban J connectivity index is 1.48. The van der Waals surface area contributed by atoms with Crippen molar-refractivity contribution < 1.29 is 4.79 Å². The van der Waals surface area contributed by atoms with Crippen LogP contribution in [0.5, 0.6) is 0 Å². The van der Waals surface area contributed by atoms with E-state index in [2.05, 4.69) is 43.9 Å². The molecule has 1 atom stereocenters. The summed E-state index contributed by atoms with van der Waals surface area (Å²) in [7, 11) is 0. The summed E-state index contributed by atoms with van der Waals surface area (Å²) in [6.45, 7) is 8.16. The van der Waals surface area contributed by atoms with E-state index in [1.54, 1.807) is 16.7 Å². The number of thioether (sulfide) groups is 1. The molecule has 0 radical (unpaired) electrons. The number of rotatable bonds is 6. The molecule has 1 amide bonds. The minimum absolute atomic E-state index is 0.0908. The van der Waals surface area contributed by atoms with E-state index >= 15 is 0 Å². The highest BCUT2D eigenvalue weighted by Crippen LogP contribution is 2.21. The SMILES string of the molecule is CC[C@@H](C)Sc1ncc(CN2CCN(C(=O)c3ncn[nH]3)CC2)cn1. The summed E-state index contributed by atoms with van der Waals surface area (Å²) in [5, 5.41) is 7.72. The summed E-state index contributed by atoms with van der Waals surface area (Å²) in [4.78, 5) is 29.2. The number of H-pyrrole nitrogens is 1. The van der Waals surface area contributed by atoms with Crippen molar-refractivity contribution in [2.24, 2.45) is 0 Å². The molecular weight excluding hydrogens is 338 g/mol. The molecule has 0 saturated carbocycles. The first-order chi connectivity index (χ1) is 12.2. The Bertz CT molecular complexity index is 668. The van der Waals surface area contributed by atoms with Crippen LogP contribution in [-0.2, 0) is 6.54 Å². The first-order valence-electron chi connectivity index (χ1n) is 8.50. The number of nitrogens with zero attached hydrogens (tertiary/aromatic N) is 6. The minimum atomic E-state index is -0.0908. The van der Waals surface area contributed by atoms with Crippen LogP contribution in [0, 0.1) is 0 Å². The Hall–Kier alpha value is -2.00. The first-order valence-corrected chi connectivity index (χ1v) is 9.38. The molecule has 1 aliphatic heterocycles. The number of hydrogen-bond acceptors (Lipinski definition) is 7. The predicted molar refractivity (Wildman–Crippen MR) is 95.2 cm³/mol. The first kappa shape index (κ1) is 17.8. The zero-order chi connectivity index (χ0) is 17.6. The van der Waals surface area contributed by atoms with Gasteiger partial charge in [-0.15, -0.1) is 0 Å². The predicted octanol–water partition coefficient (Wildman–Crippen LogP) is 1.44. The van der Waals surface area contributed by atoms with E-state index in [1.807, 2.05) is 12.4 Å². The number of amides is 1. The number of hydrogen-bond donors (Lipinski definition) is 1. The molecule has 8 nitrogen and oxygen atoms in total. The number of aromatic amines is 1. The van der Waals surface area contributed by atoms with Gasteiger partial charge in [-0.2, -0.15) is 5.10 Å². The zero-order valence-corrected chi connectivity index (χ0v) is 15.4. The van der Waals surface area contributed by atoms with E-state index in [0.717, 1.165) is 36.8 Å². The second kappa shape index (κ2) is 8.39. The summed E-state index contributed by atoms with van der Waals surface area (Å²) in [5.41, 5.74) is 1.10. The van der Waals surface area contributed by atoms with E-state index < -0.39 is 0 Å². The quantitative estimate of drug-likeness (QED) is 0.615. The largest absolute Gasteiger partial charge is 0.333 e. The zero-order valence-electron chi connectivity index (χ0n) is 14.6. The van der Waals surface area contributed by atoms with Crippen molar-refractivity contribution in [1.82, 2.24) is 34.9 Å². The number of carbonyl (C=O) groups excluding carboxylic acids is 1. The smallest absolute Gasteiger partial charge is 0.291 e. The van der Waals surface area contributed by atoms with Crippen LogP contribution in [0.4, 0.5) is 0 Å². The van der Waals surface area contributed by atoms with Gasteiger partial charge in [-0.05, 0) is 6.42 Å². The molecule has 134 valence electrons. The van der Waals surface area contributed by atoms with Crippen molar-refractivity contribution >= 4 is 17.7 Å². The van der Waals surface area contributed by atoms with Crippen LogP contribution in [0.25, 0.3) is 0 Å². The maximum Gasteiger partial charge on any atom is 0.291 e. The maximum atomic E-state index is 12.2. The lowest BCUT2D eigenvalue weighted by atomic mass is 10.2.